The SMILES string of the molecule is COc1cccc2ncnc(N3CCC(OC)(C(=O)O)C3)c12. The van der Waals surface area contributed by atoms with Gasteiger partial charge in [-0.1, -0.05) is 6.07 Å². The van der Waals surface area contributed by atoms with Gasteiger partial charge in [0.05, 0.1) is 24.6 Å². The summed E-state index contributed by atoms with van der Waals surface area (Å²) >= 11 is 0. The highest BCUT2D eigenvalue weighted by atomic mass is 16.5. The first-order valence-electron chi connectivity index (χ1n) is 6.92. The number of carboxylic acids is 1. The molecule has 116 valence electrons. The van der Waals surface area contributed by atoms with E-state index in [4.69, 9.17) is 9.47 Å². The van der Waals surface area contributed by atoms with E-state index in [1.807, 2.05) is 23.1 Å². The molecule has 1 fully saturated rings. The number of carboxylic acid groups (broad SMARTS) is 1. The van der Waals surface area contributed by atoms with Gasteiger partial charge in [-0.15, -0.1) is 0 Å². The van der Waals surface area contributed by atoms with Crippen molar-refractivity contribution in [3.63, 3.8) is 0 Å². The van der Waals surface area contributed by atoms with Crippen LogP contribution < -0.4 is 9.64 Å². The number of methoxy groups -OCH3 is 2. The molecule has 1 unspecified atom stereocenters. The lowest BCUT2D eigenvalue weighted by atomic mass is 10.0. The van der Waals surface area contributed by atoms with Crippen LogP contribution in [-0.2, 0) is 9.53 Å². The van der Waals surface area contributed by atoms with E-state index in [1.165, 1.54) is 13.4 Å². The number of nitrogens with zero attached hydrogens (tertiary/aromatic N) is 3. The molecule has 7 nitrogen and oxygen atoms in total. The highest BCUT2D eigenvalue weighted by molar-refractivity contribution is 5.95. The van der Waals surface area contributed by atoms with E-state index in [2.05, 4.69) is 9.97 Å². The van der Waals surface area contributed by atoms with Crippen molar-refractivity contribution >= 4 is 22.7 Å². The van der Waals surface area contributed by atoms with Gasteiger partial charge in [-0.25, -0.2) is 14.8 Å². The average molecular weight is 303 g/mol. The third kappa shape index (κ3) is 2.14. The monoisotopic (exact) mass is 303 g/mol. The molecule has 1 aliphatic rings. The zero-order valence-corrected chi connectivity index (χ0v) is 12.4. The van der Waals surface area contributed by atoms with E-state index in [-0.39, 0.29) is 6.54 Å². The zero-order chi connectivity index (χ0) is 15.7. The molecule has 0 amide bonds. The van der Waals surface area contributed by atoms with Crippen LogP contribution in [0.15, 0.2) is 24.5 Å². The van der Waals surface area contributed by atoms with Gasteiger partial charge in [0.2, 0.25) is 0 Å². The number of benzene rings is 1. The van der Waals surface area contributed by atoms with Crippen LogP contribution in [0.1, 0.15) is 6.42 Å². The van der Waals surface area contributed by atoms with E-state index in [0.29, 0.717) is 24.5 Å². The zero-order valence-electron chi connectivity index (χ0n) is 12.4. The number of aromatic nitrogens is 2. The van der Waals surface area contributed by atoms with Crippen LogP contribution in [-0.4, -0.2) is 54.0 Å². The van der Waals surface area contributed by atoms with Crippen LogP contribution in [0.25, 0.3) is 10.9 Å². The van der Waals surface area contributed by atoms with Gasteiger partial charge in [0.15, 0.2) is 5.60 Å². The number of ether oxygens (including phenoxy) is 2. The van der Waals surface area contributed by atoms with Gasteiger partial charge in [-0.05, 0) is 12.1 Å². The summed E-state index contributed by atoms with van der Waals surface area (Å²) in [4.78, 5) is 22.0. The molecular weight excluding hydrogens is 286 g/mol. The predicted octanol–water partition coefficient (Wildman–Crippen LogP) is 1.32. The van der Waals surface area contributed by atoms with Crippen molar-refractivity contribution in [1.82, 2.24) is 9.97 Å². The molecule has 0 aliphatic carbocycles. The summed E-state index contributed by atoms with van der Waals surface area (Å²) in [7, 11) is 3.02. The summed E-state index contributed by atoms with van der Waals surface area (Å²) in [6.45, 7) is 0.785. The summed E-state index contributed by atoms with van der Waals surface area (Å²) in [5, 5.41) is 10.2. The van der Waals surface area contributed by atoms with Crippen molar-refractivity contribution < 1.29 is 19.4 Å². The fourth-order valence-electron chi connectivity index (χ4n) is 2.86. The Morgan fingerprint density at radius 2 is 2.18 bits per heavy atom. The lowest BCUT2D eigenvalue weighted by Gasteiger charge is -2.24. The average Bonchev–Trinajstić information content (AvgIpc) is 2.99. The number of rotatable bonds is 4. The smallest absolute Gasteiger partial charge is 0.337 e. The second-order valence-electron chi connectivity index (χ2n) is 5.23. The highest BCUT2D eigenvalue weighted by Crippen LogP contribution is 2.36. The summed E-state index contributed by atoms with van der Waals surface area (Å²) in [5.41, 5.74) is -0.436. The molecule has 0 radical (unpaired) electrons. The van der Waals surface area contributed by atoms with Crippen molar-refractivity contribution in [3.8, 4) is 5.75 Å². The first kappa shape index (κ1) is 14.5. The number of hydrogen-bond acceptors (Lipinski definition) is 6. The fraction of sp³-hybridized carbons (Fsp3) is 0.400. The Bertz CT molecular complexity index is 716. The van der Waals surface area contributed by atoms with Crippen LogP contribution in [0.5, 0.6) is 5.75 Å². The van der Waals surface area contributed by atoms with Gasteiger partial charge in [-0.3, -0.25) is 0 Å². The third-order valence-corrected chi connectivity index (χ3v) is 4.14. The predicted molar refractivity (Wildman–Crippen MR) is 80.3 cm³/mol. The molecule has 7 heteroatoms. The molecule has 0 spiro atoms. The van der Waals surface area contributed by atoms with Crippen molar-refractivity contribution in [1.29, 1.82) is 0 Å². The van der Waals surface area contributed by atoms with Crippen molar-refractivity contribution in [2.45, 2.75) is 12.0 Å². The molecular formula is C15H17N3O4. The maximum Gasteiger partial charge on any atom is 0.337 e. The maximum atomic E-state index is 11.5. The van der Waals surface area contributed by atoms with Crippen LogP contribution >= 0.6 is 0 Å². The Balaban J connectivity index is 2.07. The Kier molecular flexibility index (Phi) is 3.58. The standard InChI is InChI=1S/C15H17N3O4/c1-21-11-5-3-4-10-12(11)13(17-9-16-10)18-7-6-15(8-18,22-2)14(19)20/h3-5,9H,6-8H2,1-2H3,(H,19,20). The van der Waals surface area contributed by atoms with Crippen molar-refractivity contribution in [2.75, 3.05) is 32.2 Å². The Morgan fingerprint density at radius 1 is 1.36 bits per heavy atom. The van der Waals surface area contributed by atoms with Crippen LogP contribution in [0.2, 0.25) is 0 Å². The highest BCUT2D eigenvalue weighted by Gasteiger charge is 2.46. The second-order valence-corrected chi connectivity index (χ2v) is 5.23. The lowest BCUT2D eigenvalue weighted by molar-refractivity contribution is -0.159. The number of aliphatic carboxylic acids is 1. The minimum absolute atomic E-state index is 0.239. The van der Waals surface area contributed by atoms with Crippen LogP contribution in [0.4, 0.5) is 5.82 Å². The van der Waals surface area contributed by atoms with E-state index in [9.17, 15) is 9.90 Å². The molecule has 1 N–H and O–H groups in total. The largest absolute Gasteiger partial charge is 0.496 e. The Labute approximate surface area is 127 Å². The number of carbonyl (C=O) groups is 1. The maximum absolute atomic E-state index is 11.5. The molecule has 2 aromatic rings. The quantitative estimate of drug-likeness (QED) is 0.911. The fourth-order valence-corrected chi connectivity index (χ4v) is 2.86. The molecule has 2 heterocycles. The van der Waals surface area contributed by atoms with Gasteiger partial charge in [0.25, 0.3) is 0 Å². The lowest BCUT2D eigenvalue weighted by Crippen LogP contribution is -2.43. The van der Waals surface area contributed by atoms with Gasteiger partial charge >= 0.3 is 5.97 Å². The number of hydrogen-bond donors (Lipinski definition) is 1. The van der Waals surface area contributed by atoms with Gasteiger partial charge in [0.1, 0.15) is 17.9 Å². The van der Waals surface area contributed by atoms with Gasteiger partial charge in [0, 0.05) is 20.1 Å². The topological polar surface area (TPSA) is 84.8 Å². The van der Waals surface area contributed by atoms with E-state index < -0.39 is 11.6 Å². The summed E-state index contributed by atoms with van der Waals surface area (Å²) in [5.74, 6) is 0.379. The van der Waals surface area contributed by atoms with Crippen molar-refractivity contribution in [3.05, 3.63) is 24.5 Å². The second kappa shape index (κ2) is 5.42. The molecule has 1 saturated heterocycles. The van der Waals surface area contributed by atoms with E-state index in [0.717, 1.165) is 10.9 Å². The van der Waals surface area contributed by atoms with Gasteiger partial charge < -0.3 is 19.5 Å². The summed E-state index contributed by atoms with van der Waals surface area (Å²) < 4.78 is 10.7. The van der Waals surface area contributed by atoms with Crippen molar-refractivity contribution in [2.24, 2.45) is 0 Å². The first-order valence-corrected chi connectivity index (χ1v) is 6.92. The molecule has 22 heavy (non-hydrogen) atoms. The van der Waals surface area contributed by atoms with Crippen LogP contribution in [0.3, 0.4) is 0 Å². The summed E-state index contributed by atoms with van der Waals surface area (Å²) in [6.07, 6.45) is 1.88. The molecule has 0 saturated carbocycles. The number of fused-ring (bicyclic) bond motifs is 1. The third-order valence-electron chi connectivity index (χ3n) is 4.14. The molecule has 1 aromatic heterocycles. The Hall–Kier alpha value is -2.41. The molecule has 1 atom stereocenters. The molecule has 1 aliphatic heterocycles. The number of anilines is 1. The minimum atomic E-state index is -1.20. The molecule has 1 aromatic carbocycles. The van der Waals surface area contributed by atoms with Crippen LogP contribution in [0, 0.1) is 0 Å². The van der Waals surface area contributed by atoms with E-state index in [1.54, 1.807) is 7.11 Å². The van der Waals surface area contributed by atoms with E-state index >= 15 is 0 Å². The normalized spacial score (nSPS) is 21.3. The Morgan fingerprint density at radius 3 is 2.82 bits per heavy atom. The minimum Gasteiger partial charge on any atom is -0.496 e. The first-order chi connectivity index (χ1) is 10.6. The summed E-state index contributed by atoms with van der Waals surface area (Å²) in [6, 6.07) is 5.57. The molecule has 3 rings (SSSR count). The van der Waals surface area contributed by atoms with Gasteiger partial charge in [-0.2, -0.15) is 0 Å². The molecule has 0 bridgehead atoms.